The third-order valence-electron chi connectivity index (χ3n) is 5.73. The van der Waals surface area contributed by atoms with E-state index in [9.17, 15) is 9.90 Å². The average molecular weight is 415 g/mol. The molecule has 30 heavy (non-hydrogen) atoms. The Morgan fingerprint density at radius 1 is 1.20 bits per heavy atom. The monoisotopic (exact) mass is 414 g/mol. The molecule has 3 rings (SSSR count). The summed E-state index contributed by atoms with van der Waals surface area (Å²) < 4.78 is 5.54. The first-order valence-corrected chi connectivity index (χ1v) is 10.9. The first kappa shape index (κ1) is 22.5. The molecule has 1 amide bonds. The number of hydrogen-bond acceptors (Lipinski definition) is 6. The van der Waals surface area contributed by atoms with Gasteiger partial charge < -0.3 is 14.8 Å². The van der Waals surface area contributed by atoms with Crippen LogP contribution in [0, 0.1) is 13.8 Å². The maximum atomic E-state index is 12.5. The van der Waals surface area contributed by atoms with Crippen LogP contribution in [-0.2, 0) is 6.54 Å². The number of carbonyl (C=O) groups excluding carboxylic acids is 1. The van der Waals surface area contributed by atoms with Crippen molar-refractivity contribution in [3.05, 3.63) is 47.2 Å². The molecule has 2 N–H and O–H groups in total. The third kappa shape index (κ3) is 6.39. The fourth-order valence-electron chi connectivity index (χ4n) is 3.65. The van der Waals surface area contributed by atoms with Crippen LogP contribution in [0.2, 0.25) is 0 Å². The summed E-state index contributed by atoms with van der Waals surface area (Å²) in [5, 5.41) is 13.0. The topological polar surface area (TPSA) is 81.8 Å². The average Bonchev–Trinajstić information content (AvgIpc) is 3.19. The number of anilines is 1. The Morgan fingerprint density at radius 3 is 2.63 bits per heavy atom. The second-order valence-electron chi connectivity index (χ2n) is 8.25. The largest absolute Gasteiger partial charge is 0.447 e. The van der Waals surface area contributed by atoms with Gasteiger partial charge in [-0.25, -0.2) is 4.98 Å². The molecule has 164 valence electrons. The number of benzene rings is 1. The normalized spacial score (nSPS) is 16.5. The van der Waals surface area contributed by atoms with Gasteiger partial charge in [0.2, 0.25) is 5.89 Å². The van der Waals surface area contributed by atoms with E-state index in [0.717, 1.165) is 63.2 Å². The number of aryl methyl sites for hydroxylation is 2. The quantitative estimate of drug-likeness (QED) is 0.656. The molecule has 0 radical (unpaired) electrons. The van der Waals surface area contributed by atoms with E-state index in [0.29, 0.717) is 18.1 Å². The first-order chi connectivity index (χ1) is 14.4. The van der Waals surface area contributed by atoms with Crippen LogP contribution < -0.4 is 5.32 Å². The Labute approximate surface area is 179 Å². The van der Waals surface area contributed by atoms with Crippen LogP contribution in [0.15, 0.2) is 28.9 Å². The lowest BCUT2D eigenvalue weighted by Crippen LogP contribution is -2.48. The predicted octanol–water partition coefficient (Wildman–Crippen LogP) is 3.21. The number of carbonyl (C=O) groups is 1. The molecule has 0 unspecified atom stereocenters. The number of nitrogens with one attached hydrogen (secondary N) is 1. The number of oxazole rings is 1. The van der Waals surface area contributed by atoms with Crippen LogP contribution in [0.25, 0.3) is 0 Å². The minimum Gasteiger partial charge on any atom is -0.447 e. The minimum atomic E-state index is -0.265. The van der Waals surface area contributed by atoms with Crippen molar-refractivity contribution in [2.45, 2.75) is 52.7 Å². The summed E-state index contributed by atoms with van der Waals surface area (Å²) in [4.78, 5) is 21.4. The fourth-order valence-corrected chi connectivity index (χ4v) is 3.65. The molecule has 1 aliphatic rings. The molecule has 1 aromatic heterocycles. The highest BCUT2D eigenvalue weighted by atomic mass is 16.3. The number of unbranched alkanes of at least 4 members (excludes halogenated alkanes) is 1. The van der Waals surface area contributed by atoms with Gasteiger partial charge in [0, 0.05) is 38.4 Å². The van der Waals surface area contributed by atoms with Crippen molar-refractivity contribution in [3.8, 4) is 0 Å². The molecule has 7 nitrogen and oxygen atoms in total. The van der Waals surface area contributed by atoms with Crippen molar-refractivity contribution < 1.29 is 14.3 Å². The summed E-state index contributed by atoms with van der Waals surface area (Å²) >= 11 is 0. The molecule has 1 aliphatic heterocycles. The maximum absolute atomic E-state index is 12.5. The van der Waals surface area contributed by atoms with E-state index in [1.54, 1.807) is 0 Å². The zero-order valence-corrected chi connectivity index (χ0v) is 18.4. The molecule has 2 heterocycles. The van der Waals surface area contributed by atoms with Gasteiger partial charge in [-0.3, -0.25) is 14.6 Å². The molecule has 1 fully saturated rings. The smallest absolute Gasteiger partial charge is 0.277 e. The van der Waals surface area contributed by atoms with Crippen LogP contribution in [0.3, 0.4) is 0 Å². The van der Waals surface area contributed by atoms with E-state index < -0.39 is 0 Å². The van der Waals surface area contributed by atoms with Crippen molar-refractivity contribution in [2.75, 3.05) is 38.0 Å². The van der Waals surface area contributed by atoms with Gasteiger partial charge in [-0.1, -0.05) is 25.8 Å². The van der Waals surface area contributed by atoms with Crippen LogP contribution in [-0.4, -0.2) is 64.6 Å². The van der Waals surface area contributed by atoms with Crippen molar-refractivity contribution in [2.24, 2.45) is 0 Å². The lowest BCUT2D eigenvalue weighted by molar-refractivity contribution is 0.0627. The number of nitrogens with zero attached hydrogens (tertiary/aromatic N) is 3. The number of amides is 1. The standard InChI is InChI=1S/C23H34N4O3/c1-4-5-6-20(28)14-26-9-11-27(12-10-26)15-22-25-21(16-30-22)23(29)24-19-8-7-17(2)18(3)13-19/h7-8,13,16,20,28H,4-6,9-12,14-15H2,1-3H3,(H,24,29)/t20-/m1/s1. The number of aliphatic hydroxyl groups excluding tert-OH is 1. The Morgan fingerprint density at radius 2 is 1.93 bits per heavy atom. The lowest BCUT2D eigenvalue weighted by Gasteiger charge is -2.35. The predicted molar refractivity (Wildman–Crippen MR) is 118 cm³/mol. The van der Waals surface area contributed by atoms with Crippen LogP contribution >= 0.6 is 0 Å². The summed E-state index contributed by atoms with van der Waals surface area (Å²) in [6, 6.07) is 5.83. The van der Waals surface area contributed by atoms with Crippen molar-refractivity contribution in [1.29, 1.82) is 0 Å². The number of piperazine rings is 1. The van der Waals surface area contributed by atoms with E-state index in [2.05, 4.69) is 27.0 Å². The zero-order valence-electron chi connectivity index (χ0n) is 18.4. The number of hydrogen-bond donors (Lipinski definition) is 2. The van der Waals surface area contributed by atoms with E-state index in [-0.39, 0.29) is 12.0 Å². The number of rotatable bonds is 9. The highest BCUT2D eigenvalue weighted by Gasteiger charge is 2.21. The summed E-state index contributed by atoms with van der Waals surface area (Å²) in [5.41, 5.74) is 3.36. The molecular weight excluding hydrogens is 380 g/mol. The fraction of sp³-hybridized carbons (Fsp3) is 0.565. The van der Waals surface area contributed by atoms with Crippen molar-refractivity contribution >= 4 is 11.6 Å². The van der Waals surface area contributed by atoms with E-state index >= 15 is 0 Å². The number of aliphatic hydroxyl groups is 1. The Kier molecular flexibility index (Phi) is 8.01. The van der Waals surface area contributed by atoms with Crippen LogP contribution in [0.4, 0.5) is 5.69 Å². The number of aromatic nitrogens is 1. The summed E-state index contributed by atoms with van der Waals surface area (Å²) in [5.74, 6) is 0.288. The van der Waals surface area contributed by atoms with E-state index in [4.69, 9.17) is 4.42 Å². The van der Waals surface area contributed by atoms with Gasteiger partial charge >= 0.3 is 0 Å². The van der Waals surface area contributed by atoms with Gasteiger partial charge in [-0.05, 0) is 43.5 Å². The molecule has 0 bridgehead atoms. The summed E-state index contributed by atoms with van der Waals surface area (Å²) in [7, 11) is 0. The summed E-state index contributed by atoms with van der Waals surface area (Å²) in [6.07, 6.45) is 4.25. The zero-order chi connectivity index (χ0) is 21.5. The van der Waals surface area contributed by atoms with Gasteiger partial charge in [0.1, 0.15) is 6.26 Å². The molecule has 0 aliphatic carbocycles. The van der Waals surface area contributed by atoms with E-state index in [1.807, 2.05) is 32.0 Å². The van der Waals surface area contributed by atoms with Crippen LogP contribution in [0.5, 0.6) is 0 Å². The van der Waals surface area contributed by atoms with Gasteiger partial charge in [-0.2, -0.15) is 0 Å². The van der Waals surface area contributed by atoms with Crippen LogP contribution in [0.1, 0.15) is 53.7 Å². The molecule has 1 saturated heterocycles. The highest BCUT2D eigenvalue weighted by molar-refractivity contribution is 6.02. The molecule has 0 saturated carbocycles. The second-order valence-corrected chi connectivity index (χ2v) is 8.25. The van der Waals surface area contributed by atoms with Gasteiger partial charge in [0.15, 0.2) is 5.69 Å². The highest BCUT2D eigenvalue weighted by Crippen LogP contribution is 2.16. The second kappa shape index (κ2) is 10.7. The first-order valence-electron chi connectivity index (χ1n) is 10.9. The molecular formula is C23H34N4O3. The maximum Gasteiger partial charge on any atom is 0.277 e. The van der Waals surface area contributed by atoms with Crippen molar-refractivity contribution in [3.63, 3.8) is 0 Å². The molecule has 2 aromatic rings. The number of β-amino-alcohol motifs (C(OH)–C–C–N with tert-alkyl or cyclic N) is 1. The summed E-state index contributed by atoms with van der Waals surface area (Å²) in [6.45, 7) is 11.2. The van der Waals surface area contributed by atoms with Gasteiger partial charge in [0.05, 0.1) is 12.6 Å². The molecule has 1 atom stereocenters. The van der Waals surface area contributed by atoms with E-state index in [1.165, 1.54) is 11.8 Å². The van der Waals surface area contributed by atoms with Gasteiger partial charge in [0.25, 0.3) is 5.91 Å². The molecule has 1 aromatic carbocycles. The third-order valence-corrected chi connectivity index (χ3v) is 5.73. The van der Waals surface area contributed by atoms with Gasteiger partial charge in [-0.15, -0.1) is 0 Å². The minimum absolute atomic E-state index is 0.235. The molecule has 7 heteroatoms. The van der Waals surface area contributed by atoms with Crippen molar-refractivity contribution in [1.82, 2.24) is 14.8 Å². The molecule has 0 spiro atoms. The SMILES string of the molecule is CCCC[C@@H](O)CN1CCN(Cc2nc(C(=O)Nc3ccc(C)c(C)c3)co2)CC1. The Balaban J connectivity index is 1.45. The lowest BCUT2D eigenvalue weighted by atomic mass is 10.1. The Bertz CT molecular complexity index is 828. The Hall–Kier alpha value is -2.22.